The molecule has 0 amide bonds. The summed E-state index contributed by atoms with van der Waals surface area (Å²) in [4.78, 5) is 20.3. The second-order valence-corrected chi connectivity index (χ2v) is 5.21. The zero-order chi connectivity index (χ0) is 16.2. The maximum absolute atomic E-state index is 4.45. The minimum absolute atomic E-state index is 0.608. The van der Waals surface area contributed by atoms with Crippen LogP contribution in [0.5, 0.6) is 0 Å². The Morgan fingerprint density at radius 1 is 1.00 bits per heavy atom. The van der Waals surface area contributed by atoms with E-state index in [1.165, 1.54) is 6.33 Å². The number of nitrogens with zero attached hydrogens (tertiary/aromatic N) is 4. The van der Waals surface area contributed by atoms with Crippen molar-refractivity contribution in [3.05, 3.63) is 66.7 Å². The predicted octanol–water partition coefficient (Wildman–Crippen LogP) is 3.10. The van der Waals surface area contributed by atoms with Crippen LogP contribution in [-0.4, -0.2) is 24.9 Å². The van der Waals surface area contributed by atoms with Crippen LogP contribution in [0.2, 0.25) is 0 Å². The molecule has 1 aromatic carbocycles. The summed E-state index contributed by atoms with van der Waals surface area (Å²) in [6.07, 6.45) is 5.07. The Morgan fingerprint density at radius 2 is 1.92 bits per heavy atom. The van der Waals surface area contributed by atoms with Crippen molar-refractivity contribution in [3.8, 4) is 0 Å². The van der Waals surface area contributed by atoms with Crippen LogP contribution in [0.3, 0.4) is 0 Å². The van der Waals surface area contributed by atoms with Crippen LogP contribution in [-0.2, 0) is 6.54 Å². The average Bonchev–Trinajstić information content (AvgIpc) is 3.04. The highest BCUT2D eigenvalue weighted by molar-refractivity contribution is 5.84. The van der Waals surface area contributed by atoms with Crippen LogP contribution in [0, 0.1) is 0 Å². The number of imidazole rings is 1. The van der Waals surface area contributed by atoms with Gasteiger partial charge in [-0.2, -0.15) is 4.98 Å². The van der Waals surface area contributed by atoms with Gasteiger partial charge in [0.2, 0.25) is 5.95 Å². The Hall–Kier alpha value is -3.48. The summed E-state index contributed by atoms with van der Waals surface area (Å²) in [6.45, 7) is 0.625. The molecule has 24 heavy (non-hydrogen) atoms. The molecule has 0 aliphatic carbocycles. The molecule has 0 aliphatic heterocycles. The number of aromatic nitrogens is 5. The normalized spacial score (nSPS) is 10.7. The van der Waals surface area contributed by atoms with Gasteiger partial charge in [-0.15, -0.1) is 0 Å². The second-order valence-electron chi connectivity index (χ2n) is 5.21. The molecule has 0 saturated heterocycles. The topological polar surface area (TPSA) is 91.4 Å². The van der Waals surface area contributed by atoms with Crippen LogP contribution >= 0.6 is 0 Å². The summed E-state index contributed by atoms with van der Waals surface area (Å²) in [5, 5.41) is 6.51. The van der Waals surface area contributed by atoms with E-state index in [9.17, 15) is 0 Å². The van der Waals surface area contributed by atoms with E-state index in [1.807, 2.05) is 48.7 Å². The van der Waals surface area contributed by atoms with Crippen molar-refractivity contribution in [1.29, 1.82) is 0 Å². The number of anilines is 3. The van der Waals surface area contributed by atoms with E-state index >= 15 is 0 Å². The number of H-pyrrole nitrogens is 1. The first-order valence-electron chi connectivity index (χ1n) is 7.54. The van der Waals surface area contributed by atoms with Crippen LogP contribution < -0.4 is 10.6 Å². The summed E-state index contributed by atoms with van der Waals surface area (Å²) < 4.78 is 0. The molecule has 0 unspecified atom stereocenters. The van der Waals surface area contributed by atoms with Crippen LogP contribution in [0.25, 0.3) is 11.2 Å². The van der Waals surface area contributed by atoms with Crippen LogP contribution in [0.15, 0.2) is 61.2 Å². The number of hydrogen-bond donors (Lipinski definition) is 3. The van der Waals surface area contributed by atoms with E-state index in [1.54, 1.807) is 6.20 Å². The summed E-state index contributed by atoms with van der Waals surface area (Å²) in [6, 6.07) is 13.8. The molecule has 0 radical (unpaired) electrons. The van der Waals surface area contributed by atoms with Crippen molar-refractivity contribution < 1.29 is 0 Å². The van der Waals surface area contributed by atoms with Crippen molar-refractivity contribution in [2.75, 3.05) is 10.6 Å². The standard InChI is InChI=1S/C17H15N7/c1-2-6-13(7-3-1)22-17-23-14-15(20-11-21-16(14)24-17)19-10-12-5-4-8-18-9-12/h1-9,11H,10H2,(H3,19,20,21,22,23,24). The number of rotatable bonds is 5. The van der Waals surface area contributed by atoms with Gasteiger partial charge in [0.05, 0.1) is 0 Å². The van der Waals surface area contributed by atoms with E-state index in [4.69, 9.17) is 0 Å². The quantitative estimate of drug-likeness (QED) is 0.524. The Labute approximate surface area is 138 Å². The maximum Gasteiger partial charge on any atom is 0.207 e. The fourth-order valence-electron chi connectivity index (χ4n) is 2.37. The first kappa shape index (κ1) is 14.1. The Balaban J connectivity index is 1.58. The second kappa shape index (κ2) is 6.33. The lowest BCUT2D eigenvalue weighted by Gasteiger charge is -2.05. The Morgan fingerprint density at radius 3 is 2.75 bits per heavy atom. The third kappa shape index (κ3) is 3.00. The summed E-state index contributed by atoms with van der Waals surface area (Å²) in [5.41, 5.74) is 3.40. The summed E-state index contributed by atoms with van der Waals surface area (Å²) in [7, 11) is 0. The molecule has 3 aromatic heterocycles. The molecule has 7 nitrogen and oxygen atoms in total. The highest BCUT2D eigenvalue weighted by Gasteiger charge is 2.09. The lowest BCUT2D eigenvalue weighted by atomic mass is 10.3. The van der Waals surface area contributed by atoms with Gasteiger partial charge in [0.15, 0.2) is 11.5 Å². The maximum atomic E-state index is 4.45. The van der Waals surface area contributed by atoms with Gasteiger partial charge in [-0.05, 0) is 23.8 Å². The highest BCUT2D eigenvalue weighted by atomic mass is 15.2. The Kier molecular flexibility index (Phi) is 3.73. The fourth-order valence-corrected chi connectivity index (χ4v) is 2.37. The summed E-state index contributed by atoms with van der Waals surface area (Å²) >= 11 is 0. The summed E-state index contributed by atoms with van der Waals surface area (Å²) in [5.74, 6) is 1.33. The number of aromatic amines is 1. The molecule has 0 bridgehead atoms. The number of hydrogen-bond acceptors (Lipinski definition) is 6. The molecule has 4 rings (SSSR count). The van der Waals surface area contributed by atoms with Gasteiger partial charge in [0.25, 0.3) is 0 Å². The lowest BCUT2D eigenvalue weighted by Crippen LogP contribution is -2.02. The molecule has 3 N–H and O–H groups in total. The molecule has 4 aromatic rings. The zero-order valence-corrected chi connectivity index (χ0v) is 12.8. The molecule has 0 aliphatic rings. The minimum atomic E-state index is 0.608. The molecule has 118 valence electrons. The van der Waals surface area contributed by atoms with Gasteiger partial charge in [-0.25, -0.2) is 9.97 Å². The van der Waals surface area contributed by atoms with Crippen molar-refractivity contribution in [2.24, 2.45) is 0 Å². The number of benzene rings is 1. The van der Waals surface area contributed by atoms with Crippen molar-refractivity contribution >= 4 is 28.6 Å². The molecule has 0 atom stereocenters. The Bertz CT molecular complexity index is 935. The SMILES string of the molecule is c1ccc(Nc2nc3ncnc(NCc4cccnc4)c3[nH]2)cc1. The molecular weight excluding hydrogens is 302 g/mol. The van der Waals surface area contributed by atoms with E-state index in [0.29, 0.717) is 24.0 Å². The van der Waals surface area contributed by atoms with Gasteiger partial charge in [0.1, 0.15) is 11.8 Å². The third-order valence-corrected chi connectivity index (χ3v) is 3.51. The smallest absolute Gasteiger partial charge is 0.207 e. The number of pyridine rings is 1. The number of fused-ring (bicyclic) bond motifs is 1. The van der Waals surface area contributed by atoms with Crippen LogP contribution in [0.1, 0.15) is 5.56 Å². The average molecular weight is 317 g/mol. The minimum Gasteiger partial charge on any atom is -0.364 e. The molecule has 0 spiro atoms. The van der Waals surface area contributed by atoms with E-state index in [-0.39, 0.29) is 0 Å². The zero-order valence-electron chi connectivity index (χ0n) is 12.8. The molecular formula is C17H15N7. The third-order valence-electron chi connectivity index (χ3n) is 3.51. The van der Waals surface area contributed by atoms with Crippen molar-refractivity contribution in [2.45, 2.75) is 6.54 Å². The molecule has 0 fully saturated rings. The highest BCUT2D eigenvalue weighted by Crippen LogP contribution is 2.21. The largest absolute Gasteiger partial charge is 0.364 e. The lowest BCUT2D eigenvalue weighted by molar-refractivity contribution is 1.08. The molecule has 0 saturated carbocycles. The van der Waals surface area contributed by atoms with E-state index < -0.39 is 0 Å². The predicted molar refractivity (Wildman–Crippen MR) is 93.0 cm³/mol. The number of para-hydroxylation sites is 1. The van der Waals surface area contributed by atoms with Gasteiger partial charge < -0.3 is 15.6 Å². The first-order valence-corrected chi connectivity index (χ1v) is 7.54. The van der Waals surface area contributed by atoms with E-state index in [0.717, 1.165) is 16.8 Å². The van der Waals surface area contributed by atoms with Gasteiger partial charge >= 0.3 is 0 Å². The number of nitrogens with one attached hydrogen (secondary N) is 3. The molecule has 3 heterocycles. The van der Waals surface area contributed by atoms with E-state index in [2.05, 4.69) is 35.6 Å². The van der Waals surface area contributed by atoms with Crippen LogP contribution in [0.4, 0.5) is 17.5 Å². The fraction of sp³-hybridized carbons (Fsp3) is 0.0588. The monoisotopic (exact) mass is 317 g/mol. The van der Waals surface area contributed by atoms with Gasteiger partial charge in [-0.1, -0.05) is 24.3 Å². The van der Waals surface area contributed by atoms with Gasteiger partial charge in [-0.3, -0.25) is 4.98 Å². The molecule has 7 heteroatoms. The van der Waals surface area contributed by atoms with Crippen molar-refractivity contribution in [3.63, 3.8) is 0 Å². The van der Waals surface area contributed by atoms with Crippen molar-refractivity contribution in [1.82, 2.24) is 24.9 Å². The first-order chi connectivity index (χ1) is 11.9. The van der Waals surface area contributed by atoms with Gasteiger partial charge in [0, 0.05) is 24.6 Å².